The smallest absolute Gasteiger partial charge is 0.122 e. The predicted octanol–water partition coefficient (Wildman–Crippen LogP) is 8.30. The zero-order valence-corrected chi connectivity index (χ0v) is 29.0. The Kier molecular flexibility index (Phi) is 5.87. The average Bonchev–Trinajstić information content (AvgIpc) is 3.51. The Bertz CT molecular complexity index is 1280. The van der Waals surface area contributed by atoms with E-state index < -0.39 is 0 Å². The van der Waals surface area contributed by atoms with Crippen LogP contribution in [0.4, 0.5) is 0 Å². The second kappa shape index (κ2) is 8.54. The van der Waals surface area contributed by atoms with E-state index in [1.54, 1.807) is 0 Å². The maximum atomic E-state index is 7.03. The normalized spacial score (nSPS) is 55.5. The highest BCUT2D eigenvalue weighted by Gasteiger charge is 2.87. The highest BCUT2D eigenvalue weighted by Crippen LogP contribution is 2.91. The van der Waals surface area contributed by atoms with Gasteiger partial charge in [-0.05, 0) is 111 Å². The molecule has 43 heavy (non-hydrogen) atoms. The number of methoxy groups -OCH3 is 1. The molecule has 3 spiro atoms. The average molecular weight is 592 g/mol. The van der Waals surface area contributed by atoms with E-state index in [2.05, 4.69) is 74.5 Å². The van der Waals surface area contributed by atoms with Crippen LogP contribution in [-0.4, -0.2) is 37.1 Å². The molecule has 0 aromatic rings. The van der Waals surface area contributed by atoms with Gasteiger partial charge in [0.15, 0.2) is 0 Å². The molecule has 1 aliphatic heterocycles. The van der Waals surface area contributed by atoms with Crippen molar-refractivity contribution < 1.29 is 14.2 Å². The number of hydrogen-bond donors (Lipinski definition) is 1. The summed E-state index contributed by atoms with van der Waals surface area (Å²) in [5.74, 6) is 5.71. The largest absolute Gasteiger partial charge is 0.490 e. The molecule has 1 heterocycles. The van der Waals surface area contributed by atoms with Crippen molar-refractivity contribution in [3.63, 3.8) is 0 Å². The molecule has 0 radical (unpaired) electrons. The summed E-state index contributed by atoms with van der Waals surface area (Å²) < 4.78 is 20.2. The van der Waals surface area contributed by atoms with Gasteiger partial charge in [0.2, 0.25) is 0 Å². The van der Waals surface area contributed by atoms with Crippen LogP contribution in [0.1, 0.15) is 114 Å². The fraction of sp³-hybridized carbons (Fsp3) is 0.897. The predicted molar refractivity (Wildman–Crippen MR) is 172 cm³/mol. The van der Waals surface area contributed by atoms with Crippen LogP contribution in [0, 0.1) is 68.5 Å². The molecule has 4 heteroatoms. The van der Waals surface area contributed by atoms with Crippen LogP contribution in [0.3, 0.4) is 0 Å². The lowest BCUT2D eigenvalue weighted by atomic mass is 9.32. The summed E-state index contributed by atoms with van der Waals surface area (Å²) in [6.45, 7) is 22.5. The zero-order chi connectivity index (χ0) is 30.8. The highest BCUT2D eigenvalue weighted by molar-refractivity contribution is 5.51. The number of allylic oxidation sites excluding steroid dienone is 3. The third-order valence-corrected chi connectivity index (χ3v) is 17.3. The van der Waals surface area contributed by atoms with Gasteiger partial charge in [0.05, 0.1) is 24.7 Å². The molecule has 0 amide bonds. The van der Waals surface area contributed by atoms with Gasteiger partial charge in [-0.3, -0.25) is 0 Å². The summed E-state index contributed by atoms with van der Waals surface area (Å²) in [6, 6.07) is 0. The molecular weight excluding hydrogens is 530 g/mol. The molecule has 1 saturated heterocycles. The van der Waals surface area contributed by atoms with E-state index in [-0.39, 0.29) is 28.8 Å². The summed E-state index contributed by atoms with van der Waals surface area (Å²) in [5, 5.41) is 0. The SMILES string of the molecule is COC1CC23CCC(C)(C1OCC(C)(N)C(C)C)C1CCC4C(=CCC56C=C7OC(C(C)C(C)C)(CCC45C)C76)C12C3C. The molecular formula is C39H61NO3. The fourth-order valence-corrected chi connectivity index (χ4v) is 14.0. The third-order valence-electron chi connectivity index (χ3n) is 17.3. The van der Waals surface area contributed by atoms with Crippen molar-refractivity contribution in [1.82, 2.24) is 0 Å². The maximum absolute atomic E-state index is 7.03. The van der Waals surface area contributed by atoms with Crippen molar-refractivity contribution in [2.45, 2.75) is 137 Å². The molecule has 0 aromatic heterocycles. The summed E-state index contributed by atoms with van der Waals surface area (Å²) in [7, 11) is 1.94. The van der Waals surface area contributed by atoms with Gasteiger partial charge in [-0.15, -0.1) is 0 Å². The molecule has 14 unspecified atom stereocenters. The van der Waals surface area contributed by atoms with Gasteiger partial charge < -0.3 is 19.9 Å². The lowest BCUT2D eigenvalue weighted by Gasteiger charge is -2.77. The number of ether oxygens (including phenoxy) is 3. The molecule has 9 aliphatic rings. The molecule has 2 N–H and O–H groups in total. The monoisotopic (exact) mass is 591 g/mol. The van der Waals surface area contributed by atoms with E-state index in [4.69, 9.17) is 19.9 Å². The summed E-state index contributed by atoms with van der Waals surface area (Å²) in [4.78, 5) is 0. The first-order valence-electron chi connectivity index (χ1n) is 18.2. The van der Waals surface area contributed by atoms with Gasteiger partial charge in [0.1, 0.15) is 11.4 Å². The van der Waals surface area contributed by atoms with Gasteiger partial charge in [-0.25, -0.2) is 0 Å². The molecule has 14 atom stereocenters. The van der Waals surface area contributed by atoms with Gasteiger partial charge in [-0.1, -0.05) is 67.0 Å². The number of nitrogens with two attached hydrogens (primary N) is 1. The van der Waals surface area contributed by atoms with Gasteiger partial charge >= 0.3 is 0 Å². The van der Waals surface area contributed by atoms with E-state index in [0.29, 0.717) is 63.8 Å². The molecule has 9 rings (SSSR count). The molecule has 8 aliphatic carbocycles. The van der Waals surface area contributed by atoms with Crippen molar-refractivity contribution in [3.8, 4) is 0 Å². The minimum atomic E-state index is -0.332. The van der Waals surface area contributed by atoms with Crippen LogP contribution in [-0.2, 0) is 14.2 Å². The topological polar surface area (TPSA) is 53.7 Å². The molecule has 2 bridgehead atoms. The Labute approximate surface area is 262 Å². The van der Waals surface area contributed by atoms with E-state index in [0.717, 1.165) is 12.3 Å². The lowest BCUT2D eigenvalue weighted by Crippen LogP contribution is -2.75. The Hall–Kier alpha value is -0.840. The zero-order valence-electron chi connectivity index (χ0n) is 29.0. The fourth-order valence-electron chi connectivity index (χ4n) is 14.0. The van der Waals surface area contributed by atoms with Crippen molar-refractivity contribution in [1.29, 1.82) is 0 Å². The Morgan fingerprint density at radius 1 is 1.07 bits per heavy atom. The first-order chi connectivity index (χ1) is 20.1. The van der Waals surface area contributed by atoms with Gasteiger partial charge in [0, 0.05) is 28.9 Å². The van der Waals surface area contributed by atoms with E-state index in [1.165, 1.54) is 50.7 Å². The van der Waals surface area contributed by atoms with Crippen LogP contribution in [0.25, 0.3) is 0 Å². The summed E-state index contributed by atoms with van der Waals surface area (Å²) in [6.07, 6.45) is 15.9. The second-order valence-electron chi connectivity index (χ2n) is 18.7. The Balaban J connectivity index is 1.19. The molecule has 240 valence electrons. The minimum absolute atomic E-state index is 0.0747. The van der Waals surface area contributed by atoms with Crippen molar-refractivity contribution in [2.24, 2.45) is 74.2 Å². The Morgan fingerprint density at radius 3 is 2.47 bits per heavy atom. The maximum Gasteiger partial charge on any atom is 0.122 e. The number of rotatable bonds is 7. The van der Waals surface area contributed by atoms with Crippen molar-refractivity contribution in [3.05, 3.63) is 23.5 Å². The van der Waals surface area contributed by atoms with Crippen LogP contribution >= 0.6 is 0 Å². The van der Waals surface area contributed by atoms with E-state index >= 15 is 0 Å². The van der Waals surface area contributed by atoms with Crippen LogP contribution in [0.2, 0.25) is 0 Å². The first-order valence-corrected chi connectivity index (χ1v) is 18.2. The lowest BCUT2D eigenvalue weighted by molar-refractivity contribution is -0.302. The van der Waals surface area contributed by atoms with Crippen LogP contribution in [0.5, 0.6) is 0 Å². The minimum Gasteiger partial charge on any atom is -0.490 e. The molecule has 6 saturated carbocycles. The number of hydrogen-bond acceptors (Lipinski definition) is 4. The van der Waals surface area contributed by atoms with E-state index in [9.17, 15) is 0 Å². The Morgan fingerprint density at radius 2 is 1.81 bits per heavy atom. The van der Waals surface area contributed by atoms with Crippen LogP contribution in [0.15, 0.2) is 23.5 Å². The van der Waals surface area contributed by atoms with Crippen LogP contribution < -0.4 is 5.73 Å². The number of fused-ring (bicyclic) bond motifs is 5. The first kappa shape index (κ1) is 29.6. The van der Waals surface area contributed by atoms with Crippen molar-refractivity contribution in [2.75, 3.05) is 13.7 Å². The summed E-state index contributed by atoms with van der Waals surface area (Å²) in [5.41, 5.74) is 9.84. The van der Waals surface area contributed by atoms with Gasteiger partial charge in [-0.2, -0.15) is 0 Å². The highest BCUT2D eigenvalue weighted by atomic mass is 16.5. The van der Waals surface area contributed by atoms with Crippen molar-refractivity contribution >= 4 is 0 Å². The molecule has 7 fully saturated rings. The molecule has 4 nitrogen and oxygen atoms in total. The quantitative estimate of drug-likeness (QED) is 0.303. The second-order valence-corrected chi connectivity index (χ2v) is 18.7. The molecule has 0 aromatic carbocycles. The van der Waals surface area contributed by atoms with Gasteiger partial charge in [0.25, 0.3) is 0 Å². The van der Waals surface area contributed by atoms with E-state index in [1.807, 2.05) is 12.7 Å². The third kappa shape index (κ3) is 3.00. The standard InChI is InChI=1S/C39H61NO3/c1-22(2)24(5)38-18-16-34(8)26-11-12-30-33(7)15-17-36(20-29(41-10)32(33)42-21-35(9,40)23(3)4)25(6)39(30,36)27(26)13-14-37(34)19-28(43-38)31(37)38/h13,19,22-26,29-32H,11-12,14-18,20-21,40H2,1-10H3. The summed E-state index contributed by atoms with van der Waals surface area (Å²) >= 11 is 0.